The van der Waals surface area contributed by atoms with Crippen LogP contribution in [0.3, 0.4) is 0 Å². The van der Waals surface area contributed by atoms with Gasteiger partial charge in [0.15, 0.2) is 0 Å². The fourth-order valence-corrected chi connectivity index (χ4v) is 4.42. The zero-order valence-corrected chi connectivity index (χ0v) is 15.8. The Hall–Kier alpha value is -0.0800. The molecule has 0 aromatic rings. The lowest BCUT2D eigenvalue weighted by atomic mass is 9.76. The van der Waals surface area contributed by atoms with Gasteiger partial charge in [0.1, 0.15) is 0 Å². The molecule has 0 heterocycles. The summed E-state index contributed by atoms with van der Waals surface area (Å²) in [6.45, 7) is 15.2. The van der Waals surface area contributed by atoms with Gasteiger partial charge in [0.2, 0.25) is 0 Å². The Morgan fingerprint density at radius 3 is 1.95 bits per heavy atom. The van der Waals surface area contributed by atoms with E-state index in [-0.39, 0.29) is 0 Å². The van der Waals surface area contributed by atoms with Crippen molar-refractivity contribution in [2.75, 3.05) is 6.54 Å². The summed E-state index contributed by atoms with van der Waals surface area (Å²) in [5.41, 5.74) is 0. The Kier molecular flexibility index (Phi) is 6.76. The molecule has 0 unspecified atom stereocenters. The first-order valence-electron chi connectivity index (χ1n) is 9.78. The summed E-state index contributed by atoms with van der Waals surface area (Å²) in [4.78, 5) is 2.78. The standard InChI is InChI=1S/C20H39NO/c1-14(2)18-9-7-17(8-10-18)13-21(15(3)4)19-11-20(12-19)22-16(5)6/h14-20H,7-13H2,1-6H3. The van der Waals surface area contributed by atoms with Gasteiger partial charge >= 0.3 is 0 Å². The van der Waals surface area contributed by atoms with E-state index in [1.807, 2.05) is 0 Å². The van der Waals surface area contributed by atoms with E-state index in [1.165, 1.54) is 45.1 Å². The van der Waals surface area contributed by atoms with Crippen LogP contribution in [0, 0.1) is 17.8 Å². The third-order valence-electron chi connectivity index (χ3n) is 5.97. The van der Waals surface area contributed by atoms with Crippen LogP contribution in [0.25, 0.3) is 0 Å². The van der Waals surface area contributed by atoms with Crippen LogP contribution in [0.4, 0.5) is 0 Å². The molecule has 0 radical (unpaired) electrons. The van der Waals surface area contributed by atoms with E-state index < -0.39 is 0 Å². The van der Waals surface area contributed by atoms with Crippen molar-refractivity contribution in [3.63, 3.8) is 0 Å². The summed E-state index contributed by atoms with van der Waals surface area (Å²) in [6, 6.07) is 1.44. The molecule has 2 rings (SSSR count). The van der Waals surface area contributed by atoms with Crippen molar-refractivity contribution in [1.29, 1.82) is 0 Å². The van der Waals surface area contributed by atoms with Crippen molar-refractivity contribution in [2.45, 2.75) is 104 Å². The van der Waals surface area contributed by atoms with Crippen LogP contribution in [-0.2, 0) is 4.74 Å². The van der Waals surface area contributed by atoms with Gasteiger partial charge in [-0.3, -0.25) is 4.90 Å². The molecule has 0 N–H and O–H groups in total. The van der Waals surface area contributed by atoms with Crippen LogP contribution in [-0.4, -0.2) is 35.7 Å². The smallest absolute Gasteiger partial charge is 0.0608 e. The molecule has 0 saturated heterocycles. The van der Waals surface area contributed by atoms with Crippen LogP contribution in [0.5, 0.6) is 0 Å². The average Bonchev–Trinajstić information content (AvgIpc) is 2.40. The predicted octanol–water partition coefficient (Wildman–Crippen LogP) is 5.12. The van der Waals surface area contributed by atoms with Crippen LogP contribution >= 0.6 is 0 Å². The average molecular weight is 310 g/mol. The van der Waals surface area contributed by atoms with E-state index in [0.717, 1.165) is 23.8 Å². The summed E-state index contributed by atoms with van der Waals surface area (Å²) in [5.74, 6) is 2.79. The molecule has 2 saturated carbocycles. The van der Waals surface area contributed by atoms with E-state index in [2.05, 4.69) is 46.4 Å². The van der Waals surface area contributed by atoms with Gasteiger partial charge in [0, 0.05) is 18.6 Å². The first kappa shape index (κ1) is 18.3. The third-order valence-corrected chi connectivity index (χ3v) is 5.97. The van der Waals surface area contributed by atoms with Crippen LogP contribution in [0.15, 0.2) is 0 Å². The van der Waals surface area contributed by atoms with Crippen molar-refractivity contribution in [2.24, 2.45) is 17.8 Å². The molecule has 2 nitrogen and oxygen atoms in total. The van der Waals surface area contributed by atoms with E-state index in [1.54, 1.807) is 0 Å². The molecule has 0 aliphatic heterocycles. The summed E-state index contributed by atoms with van der Waals surface area (Å²) in [5, 5.41) is 0. The van der Waals surface area contributed by atoms with Crippen LogP contribution in [0.2, 0.25) is 0 Å². The van der Waals surface area contributed by atoms with Crippen molar-refractivity contribution in [1.82, 2.24) is 4.90 Å². The molecule has 130 valence electrons. The Morgan fingerprint density at radius 2 is 1.50 bits per heavy atom. The molecular formula is C20H39NO. The predicted molar refractivity (Wildman–Crippen MR) is 95.2 cm³/mol. The molecule has 0 aromatic carbocycles. The molecule has 0 spiro atoms. The van der Waals surface area contributed by atoms with Gasteiger partial charge in [-0.05, 0) is 84.0 Å². The molecule has 2 aliphatic carbocycles. The SMILES string of the molecule is CC(C)OC1CC(N(CC2CCC(C(C)C)CC2)C(C)C)C1. The van der Waals surface area contributed by atoms with Gasteiger partial charge < -0.3 is 4.74 Å². The fourth-order valence-electron chi connectivity index (χ4n) is 4.42. The van der Waals surface area contributed by atoms with Gasteiger partial charge in [-0.1, -0.05) is 13.8 Å². The van der Waals surface area contributed by atoms with Gasteiger partial charge in [-0.2, -0.15) is 0 Å². The lowest BCUT2D eigenvalue weighted by Gasteiger charge is -2.47. The Bertz CT molecular complexity index is 312. The fraction of sp³-hybridized carbons (Fsp3) is 1.00. The maximum absolute atomic E-state index is 5.95. The minimum absolute atomic E-state index is 0.379. The number of hydrogen-bond acceptors (Lipinski definition) is 2. The summed E-state index contributed by atoms with van der Waals surface area (Å²) in [7, 11) is 0. The highest BCUT2D eigenvalue weighted by Gasteiger charge is 2.37. The molecule has 0 atom stereocenters. The van der Waals surface area contributed by atoms with Gasteiger partial charge in [0.25, 0.3) is 0 Å². The lowest BCUT2D eigenvalue weighted by Crippen LogP contribution is -2.52. The van der Waals surface area contributed by atoms with Crippen LogP contribution in [0.1, 0.15) is 80.1 Å². The molecule has 2 aliphatic rings. The number of nitrogens with zero attached hydrogens (tertiary/aromatic N) is 1. The van der Waals surface area contributed by atoms with E-state index in [4.69, 9.17) is 4.74 Å². The van der Waals surface area contributed by atoms with Crippen molar-refractivity contribution in [3.05, 3.63) is 0 Å². The molecule has 0 aromatic heterocycles. The zero-order valence-electron chi connectivity index (χ0n) is 15.8. The van der Waals surface area contributed by atoms with E-state index in [0.29, 0.717) is 18.2 Å². The molecule has 2 heteroatoms. The maximum Gasteiger partial charge on any atom is 0.0608 e. The minimum atomic E-state index is 0.379. The van der Waals surface area contributed by atoms with E-state index in [9.17, 15) is 0 Å². The minimum Gasteiger partial charge on any atom is -0.375 e. The van der Waals surface area contributed by atoms with Gasteiger partial charge in [-0.15, -0.1) is 0 Å². The van der Waals surface area contributed by atoms with Crippen LogP contribution < -0.4 is 0 Å². The Labute approximate surface area is 139 Å². The van der Waals surface area contributed by atoms with Gasteiger partial charge in [-0.25, -0.2) is 0 Å². The normalized spacial score (nSPS) is 33.0. The van der Waals surface area contributed by atoms with Crippen molar-refractivity contribution in [3.8, 4) is 0 Å². The summed E-state index contributed by atoms with van der Waals surface area (Å²) in [6.07, 6.45) is 9.20. The van der Waals surface area contributed by atoms with E-state index >= 15 is 0 Å². The molecular weight excluding hydrogens is 270 g/mol. The zero-order chi connectivity index (χ0) is 16.3. The molecule has 2 fully saturated rings. The van der Waals surface area contributed by atoms with Crippen molar-refractivity contribution >= 4 is 0 Å². The third kappa shape index (κ3) is 4.96. The lowest BCUT2D eigenvalue weighted by molar-refractivity contribution is -0.0858. The molecule has 0 amide bonds. The summed E-state index contributed by atoms with van der Waals surface area (Å²) >= 11 is 0. The van der Waals surface area contributed by atoms with Crippen molar-refractivity contribution < 1.29 is 4.74 Å². The summed E-state index contributed by atoms with van der Waals surface area (Å²) < 4.78 is 5.95. The topological polar surface area (TPSA) is 12.5 Å². The molecule has 22 heavy (non-hydrogen) atoms. The molecule has 0 bridgehead atoms. The second-order valence-corrected chi connectivity index (χ2v) is 8.75. The highest BCUT2D eigenvalue weighted by molar-refractivity contribution is 4.91. The first-order chi connectivity index (χ1) is 10.4. The number of rotatable bonds is 7. The quantitative estimate of drug-likeness (QED) is 0.647. The number of ether oxygens (including phenoxy) is 1. The number of hydrogen-bond donors (Lipinski definition) is 0. The largest absolute Gasteiger partial charge is 0.375 e. The monoisotopic (exact) mass is 309 g/mol. The highest BCUT2D eigenvalue weighted by atomic mass is 16.5. The highest BCUT2D eigenvalue weighted by Crippen LogP contribution is 2.36. The Morgan fingerprint density at radius 1 is 0.909 bits per heavy atom. The second kappa shape index (κ2) is 8.15. The first-order valence-corrected chi connectivity index (χ1v) is 9.78. The van der Waals surface area contributed by atoms with Gasteiger partial charge in [0.05, 0.1) is 12.2 Å². The maximum atomic E-state index is 5.95. The second-order valence-electron chi connectivity index (χ2n) is 8.75. The Balaban J connectivity index is 1.76.